The largest absolute Gasteiger partial charge is 0.281 e. The van der Waals surface area contributed by atoms with Gasteiger partial charge >= 0.3 is 0 Å². The van der Waals surface area contributed by atoms with Crippen molar-refractivity contribution in [3.05, 3.63) is 82.6 Å². The topological polar surface area (TPSA) is 41.5 Å². The predicted octanol–water partition coefficient (Wildman–Crippen LogP) is 4.18. The van der Waals surface area contributed by atoms with Gasteiger partial charge in [0.15, 0.2) is 0 Å². The fraction of sp³-hybridized carbons (Fsp3) is 0. The van der Waals surface area contributed by atoms with Crippen LogP contribution in [0.4, 0.5) is 0 Å². The highest BCUT2D eigenvalue weighted by Crippen LogP contribution is 2.18. The van der Waals surface area contributed by atoms with Crippen LogP contribution < -0.4 is 5.43 Å². The molecule has 3 aromatic rings. The van der Waals surface area contributed by atoms with Crippen LogP contribution in [0, 0.1) is 0 Å². The molecule has 1 heterocycles. The highest BCUT2D eigenvalue weighted by atomic mass is 32.1. The summed E-state index contributed by atoms with van der Waals surface area (Å²) in [6.07, 6.45) is 1.64. The third kappa shape index (κ3) is 3.48. The van der Waals surface area contributed by atoms with E-state index in [9.17, 15) is 4.79 Å². The Hall–Kier alpha value is -2.72. The van der Waals surface area contributed by atoms with Crippen molar-refractivity contribution in [2.45, 2.75) is 0 Å². The lowest BCUT2D eigenvalue weighted by Crippen LogP contribution is -2.16. The van der Waals surface area contributed by atoms with Crippen LogP contribution in [0.1, 0.15) is 15.2 Å². The number of carbonyl (C=O) groups excluding carboxylic acids is 1. The van der Waals surface area contributed by atoms with E-state index in [-0.39, 0.29) is 5.91 Å². The molecular formula is C18H14N2OS. The second kappa shape index (κ2) is 6.83. The van der Waals surface area contributed by atoms with E-state index in [0.29, 0.717) is 4.88 Å². The van der Waals surface area contributed by atoms with E-state index in [4.69, 9.17) is 0 Å². The fourth-order valence-electron chi connectivity index (χ4n) is 2.02. The summed E-state index contributed by atoms with van der Waals surface area (Å²) in [5, 5.41) is 5.84. The van der Waals surface area contributed by atoms with Crippen molar-refractivity contribution in [3.63, 3.8) is 0 Å². The van der Waals surface area contributed by atoms with Gasteiger partial charge in [-0.1, -0.05) is 60.7 Å². The van der Waals surface area contributed by atoms with Crippen LogP contribution in [-0.2, 0) is 0 Å². The smallest absolute Gasteiger partial charge is 0.266 e. The Morgan fingerprint density at radius 1 is 0.909 bits per heavy atom. The molecule has 0 bridgehead atoms. The third-order valence-electron chi connectivity index (χ3n) is 3.14. The molecule has 3 rings (SSSR count). The second-order valence-corrected chi connectivity index (χ2v) is 5.61. The first kappa shape index (κ1) is 14.2. The fourth-order valence-corrected chi connectivity index (χ4v) is 2.63. The van der Waals surface area contributed by atoms with Crippen molar-refractivity contribution in [1.29, 1.82) is 0 Å². The van der Waals surface area contributed by atoms with Gasteiger partial charge in [-0.25, -0.2) is 5.43 Å². The molecule has 3 nitrogen and oxygen atoms in total. The molecule has 0 aliphatic rings. The molecule has 1 aromatic heterocycles. The van der Waals surface area contributed by atoms with Gasteiger partial charge in [-0.15, -0.1) is 11.3 Å². The summed E-state index contributed by atoms with van der Waals surface area (Å²) in [7, 11) is 0. The van der Waals surface area contributed by atoms with Crippen LogP contribution in [0.5, 0.6) is 0 Å². The van der Waals surface area contributed by atoms with Gasteiger partial charge in [0, 0.05) is 0 Å². The van der Waals surface area contributed by atoms with Crippen LogP contribution >= 0.6 is 11.3 Å². The third-order valence-corrected chi connectivity index (χ3v) is 4.01. The molecule has 0 spiro atoms. The molecular weight excluding hydrogens is 292 g/mol. The molecule has 0 radical (unpaired) electrons. The SMILES string of the molecule is O=C(NN=Cc1ccc(-c2ccccc2)cc1)c1cccs1. The summed E-state index contributed by atoms with van der Waals surface area (Å²) in [5.74, 6) is -0.188. The minimum absolute atomic E-state index is 0.188. The van der Waals surface area contributed by atoms with Gasteiger partial charge in [0.05, 0.1) is 11.1 Å². The maximum Gasteiger partial charge on any atom is 0.281 e. The van der Waals surface area contributed by atoms with E-state index in [1.165, 1.54) is 16.9 Å². The first-order valence-electron chi connectivity index (χ1n) is 6.85. The van der Waals surface area contributed by atoms with Gasteiger partial charge in [0.25, 0.3) is 5.91 Å². The molecule has 1 amide bonds. The van der Waals surface area contributed by atoms with Gasteiger partial charge in [-0.05, 0) is 28.1 Å². The van der Waals surface area contributed by atoms with Crippen molar-refractivity contribution in [1.82, 2.24) is 5.43 Å². The Balaban J connectivity index is 1.64. The van der Waals surface area contributed by atoms with E-state index >= 15 is 0 Å². The lowest BCUT2D eigenvalue weighted by Gasteiger charge is -2.01. The molecule has 4 heteroatoms. The van der Waals surface area contributed by atoms with Crippen molar-refractivity contribution >= 4 is 23.5 Å². The molecule has 0 saturated carbocycles. The van der Waals surface area contributed by atoms with E-state index < -0.39 is 0 Å². The highest BCUT2D eigenvalue weighted by molar-refractivity contribution is 7.12. The Labute approximate surface area is 132 Å². The van der Waals surface area contributed by atoms with Gasteiger partial charge in [0.2, 0.25) is 0 Å². The minimum atomic E-state index is -0.188. The van der Waals surface area contributed by atoms with Gasteiger partial charge in [-0.2, -0.15) is 5.10 Å². The standard InChI is InChI=1S/C18H14N2OS/c21-18(17-7-4-12-22-17)20-19-13-14-8-10-16(11-9-14)15-5-2-1-3-6-15/h1-13H,(H,20,21). The van der Waals surface area contributed by atoms with Crippen molar-refractivity contribution in [2.24, 2.45) is 5.10 Å². The van der Waals surface area contributed by atoms with Crippen LogP contribution in [0.15, 0.2) is 77.2 Å². The first-order valence-corrected chi connectivity index (χ1v) is 7.73. The van der Waals surface area contributed by atoms with Crippen molar-refractivity contribution in [2.75, 3.05) is 0 Å². The molecule has 0 atom stereocenters. The van der Waals surface area contributed by atoms with Crippen LogP contribution in [0.2, 0.25) is 0 Å². The first-order chi connectivity index (χ1) is 10.8. The molecule has 0 aliphatic heterocycles. The van der Waals surface area contributed by atoms with E-state index in [1.807, 2.05) is 53.9 Å². The number of carbonyl (C=O) groups is 1. The molecule has 108 valence electrons. The summed E-state index contributed by atoms with van der Waals surface area (Å²) >= 11 is 1.39. The number of hydrogen-bond acceptors (Lipinski definition) is 3. The Morgan fingerprint density at radius 3 is 2.32 bits per heavy atom. The number of benzene rings is 2. The van der Waals surface area contributed by atoms with Crippen LogP contribution in [0.25, 0.3) is 11.1 Å². The summed E-state index contributed by atoms with van der Waals surface area (Å²) in [6.45, 7) is 0. The molecule has 0 unspecified atom stereocenters. The van der Waals surface area contributed by atoms with E-state index in [2.05, 4.69) is 22.7 Å². The zero-order chi connectivity index (χ0) is 15.2. The lowest BCUT2D eigenvalue weighted by atomic mass is 10.0. The summed E-state index contributed by atoms with van der Waals surface area (Å²) in [6, 6.07) is 21.8. The average molecular weight is 306 g/mol. The zero-order valence-corrected chi connectivity index (χ0v) is 12.6. The number of hydrazone groups is 1. The second-order valence-electron chi connectivity index (χ2n) is 4.66. The molecule has 2 aromatic carbocycles. The number of amides is 1. The van der Waals surface area contributed by atoms with Crippen LogP contribution in [-0.4, -0.2) is 12.1 Å². The number of rotatable bonds is 4. The summed E-state index contributed by atoms with van der Waals surface area (Å²) in [5.41, 5.74) is 5.79. The number of thiophene rings is 1. The number of nitrogens with zero attached hydrogens (tertiary/aromatic N) is 1. The van der Waals surface area contributed by atoms with Crippen LogP contribution in [0.3, 0.4) is 0 Å². The Morgan fingerprint density at radius 2 is 1.64 bits per heavy atom. The van der Waals surface area contributed by atoms with E-state index in [1.54, 1.807) is 12.3 Å². The number of nitrogens with one attached hydrogen (secondary N) is 1. The van der Waals surface area contributed by atoms with Gasteiger partial charge in [0.1, 0.15) is 0 Å². The molecule has 0 aliphatic carbocycles. The number of hydrogen-bond donors (Lipinski definition) is 1. The van der Waals surface area contributed by atoms with Crippen molar-refractivity contribution < 1.29 is 4.79 Å². The lowest BCUT2D eigenvalue weighted by molar-refractivity contribution is 0.0959. The van der Waals surface area contributed by atoms with Gasteiger partial charge in [-0.3, -0.25) is 4.79 Å². The summed E-state index contributed by atoms with van der Waals surface area (Å²) in [4.78, 5) is 12.4. The molecule has 0 saturated heterocycles. The maximum atomic E-state index is 11.7. The highest BCUT2D eigenvalue weighted by Gasteiger charge is 2.03. The monoisotopic (exact) mass is 306 g/mol. The normalized spacial score (nSPS) is 10.7. The Kier molecular flexibility index (Phi) is 4.41. The van der Waals surface area contributed by atoms with E-state index in [0.717, 1.165) is 11.1 Å². The molecule has 22 heavy (non-hydrogen) atoms. The molecule has 1 N–H and O–H groups in total. The predicted molar refractivity (Wildman–Crippen MR) is 91.3 cm³/mol. The quantitative estimate of drug-likeness (QED) is 0.570. The Bertz CT molecular complexity index is 763. The van der Waals surface area contributed by atoms with Crippen molar-refractivity contribution in [3.8, 4) is 11.1 Å². The summed E-state index contributed by atoms with van der Waals surface area (Å²) < 4.78 is 0. The molecule has 0 fully saturated rings. The maximum absolute atomic E-state index is 11.7. The minimum Gasteiger partial charge on any atom is -0.266 e. The average Bonchev–Trinajstić information content (AvgIpc) is 3.11. The van der Waals surface area contributed by atoms with Gasteiger partial charge < -0.3 is 0 Å². The zero-order valence-electron chi connectivity index (χ0n) is 11.8.